The maximum atomic E-state index is 12.4. The van der Waals surface area contributed by atoms with Crippen LogP contribution >= 0.6 is 23.5 Å². The molecule has 0 bridgehead atoms. The van der Waals surface area contributed by atoms with Crippen molar-refractivity contribution in [3.63, 3.8) is 0 Å². The van der Waals surface area contributed by atoms with E-state index in [-0.39, 0.29) is 12.3 Å². The minimum atomic E-state index is -0.147. The van der Waals surface area contributed by atoms with Gasteiger partial charge in [0.15, 0.2) is 5.65 Å². The molecule has 2 aromatic heterocycles. The van der Waals surface area contributed by atoms with Gasteiger partial charge in [-0.1, -0.05) is 35.9 Å². The third-order valence-electron chi connectivity index (χ3n) is 4.27. The van der Waals surface area contributed by atoms with E-state index >= 15 is 0 Å². The second-order valence-corrected chi connectivity index (χ2v) is 7.17. The summed E-state index contributed by atoms with van der Waals surface area (Å²) in [5.74, 6) is -0.147. The van der Waals surface area contributed by atoms with Crippen LogP contribution in [0.25, 0.3) is 16.8 Å². The van der Waals surface area contributed by atoms with Gasteiger partial charge in [0.2, 0.25) is 5.91 Å². The van der Waals surface area contributed by atoms with E-state index < -0.39 is 0 Å². The molecule has 0 saturated heterocycles. The number of hydrogen-bond donors (Lipinski definition) is 2. The smallest absolute Gasteiger partial charge is 0.228 e. The number of anilines is 1. The summed E-state index contributed by atoms with van der Waals surface area (Å²) < 4.78 is 1.71. The van der Waals surface area contributed by atoms with Gasteiger partial charge in [0, 0.05) is 39.1 Å². The number of carbonyl (C=O) groups excluding carboxylic acids is 1. The summed E-state index contributed by atoms with van der Waals surface area (Å²) in [4.78, 5) is 17.6. The highest BCUT2D eigenvalue weighted by molar-refractivity contribution is 7.97. The van der Waals surface area contributed by atoms with Crippen LogP contribution in [-0.2, 0) is 11.2 Å². The molecule has 0 atom stereocenters. The van der Waals surface area contributed by atoms with Crippen molar-refractivity contribution in [1.29, 1.82) is 0 Å². The lowest BCUT2D eigenvalue weighted by atomic mass is 10.1. The monoisotopic (exact) mass is 409 g/mol. The van der Waals surface area contributed by atoms with Gasteiger partial charge in [0.25, 0.3) is 0 Å². The van der Waals surface area contributed by atoms with Crippen molar-refractivity contribution in [3.05, 3.63) is 77.7 Å². The molecule has 3 N–H and O–H groups in total. The van der Waals surface area contributed by atoms with Gasteiger partial charge in [-0.3, -0.25) is 9.93 Å². The van der Waals surface area contributed by atoms with Crippen molar-refractivity contribution >= 4 is 40.8 Å². The number of benzene rings is 2. The zero-order valence-corrected chi connectivity index (χ0v) is 16.2. The highest BCUT2D eigenvalue weighted by Crippen LogP contribution is 2.33. The van der Waals surface area contributed by atoms with Gasteiger partial charge >= 0.3 is 0 Å². The third kappa shape index (κ3) is 3.73. The van der Waals surface area contributed by atoms with Crippen molar-refractivity contribution in [2.45, 2.75) is 11.3 Å². The van der Waals surface area contributed by atoms with Crippen molar-refractivity contribution in [2.75, 3.05) is 5.32 Å². The molecule has 8 heteroatoms. The van der Waals surface area contributed by atoms with Crippen LogP contribution in [0.2, 0.25) is 5.02 Å². The van der Waals surface area contributed by atoms with Crippen LogP contribution in [-0.4, -0.2) is 20.5 Å². The van der Waals surface area contributed by atoms with E-state index in [9.17, 15) is 4.79 Å². The first-order valence-electron chi connectivity index (χ1n) is 8.48. The maximum Gasteiger partial charge on any atom is 0.228 e. The molecule has 4 rings (SSSR count). The Kier molecular flexibility index (Phi) is 5.29. The van der Waals surface area contributed by atoms with Gasteiger partial charge < -0.3 is 5.32 Å². The molecule has 0 saturated carbocycles. The first kappa shape index (κ1) is 18.5. The largest absolute Gasteiger partial charge is 0.326 e. The quantitative estimate of drug-likeness (QED) is 0.482. The lowest BCUT2D eigenvalue weighted by Crippen LogP contribution is -2.14. The first-order valence-corrected chi connectivity index (χ1v) is 9.74. The number of nitrogens with two attached hydrogens (primary N) is 1. The molecular weight excluding hydrogens is 394 g/mol. The number of nitrogens with one attached hydrogen (secondary N) is 1. The molecule has 2 heterocycles. The van der Waals surface area contributed by atoms with E-state index in [1.54, 1.807) is 23.0 Å². The fourth-order valence-electron chi connectivity index (χ4n) is 2.96. The summed E-state index contributed by atoms with van der Waals surface area (Å²) in [6.07, 6.45) is 5.51. The summed E-state index contributed by atoms with van der Waals surface area (Å²) in [5.41, 5.74) is 3.98. The zero-order valence-electron chi connectivity index (χ0n) is 14.7. The summed E-state index contributed by atoms with van der Waals surface area (Å²) >= 11 is 7.24. The average Bonchev–Trinajstić information content (AvgIpc) is 3.13. The molecule has 28 heavy (non-hydrogen) atoms. The van der Waals surface area contributed by atoms with E-state index in [1.807, 2.05) is 48.7 Å². The van der Waals surface area contributed by atoms with Crippen LogP contribution in [0.5, 0.6) is 0 Å². The van der Waals surface area contributed by atoms with Crippen LogP contribution in [0.3, 0.4) is 0 Å². The van der Waals surface area contributed by atoms with E-state index in [0.717, 1.165) is 39.2 Å². The molecule has 0 spiro atoms. The Morgan fingerprint density at radius 3 is 2.86 bits per heavy atom. The van der Waals surface area contributed by atoms with Gasteiger partial charge in [0.1, 0.15) is 0 Å². The van der Waals surface area contributed by atoms with Crippen LogP contribution in [0, 0.1) is 0 Å². The molecule has 4 aromatic rings. The van der Waals surface area contributed by atoms with Crippen LogP contribution in [0.15, 0.2) is 72.0 Å². The van der Waals surface area contributed by atoms with E-state index in [4.69, 9.17) is 16.7 Å². The Balaban J connectivity index is 1.59. The van der Waals surface area contributed by atoms with Gasteiger partial charge in [-0.05, 0) is 41.8 Å². The Hall–Kier alpha value is -2.87. The molecule has 0 aliphatic carbocycles. The number of rotatable bonds is 5. The SMILES string of the molecule is NSc1cc(NC(=O)Cc2ccccc2Cl)ccc1-c1cnn2cccnc12. The highest BCUT2D eigenvalue weighted by Gasteiger charge is 2.14. The average molecular weight is 410 g/mol. The fourth-order valence-corrected chi connectivity index (χ4v) is 3.66. The molecular formula is C20H16ClN5OS. The molecule has 0 fully saturated rings. The maximum absolute atomic E-state index is 12.4. The minimum absolute atomic E-state index is 0.147. The number of carbonyl (C=O) groups is 1. The van der Waals surface area contributed by atoms with Gasteiger partial charge in [0.05, 0.1) is 12.6 Å². The topological polar surface area (TPSA) is 85.3 Å². The second-order valence-electron chi connectivity index (χ2n) is 6.09. The standard InChI is InChI=1S/C20H16ClN5OS/c21-17-5-2-1-4-13(17)10-19(27)25-14-6-7-15(18(11-14)28-22)16-12-24-26-9-3-8-23-20(16)26/h1-9,11-12H,10,22H2,(H,25,27). The normalized spacial score (nSPS) is 10.9. The third-order valence-corrected chi connectivity index (χ3v) is 5.23. The summed E-state index contributed by atoms with van der Waals surface area (Å²) in [5, 5.41) is 13.7. The molecule has 0 radical (unpaired) electrons. The molecule has 0 aliphatic rings. The number of hydrogen-bond acceptors (Lipinski definition) is 5. The predicted molar refractivity (Wildman–Crippen MR) is 112 cm³/mol. The van der Waals surface area contributed by atoms with E-state index in [1.165, 1.54) is 0 Å². The molecule has 140 valence electrons. The highest BCUT2D eigenvalue weighted by atomic mass is 35.5. The molecule has 2 aromatic carbocycles. The predicted octanol–water partition coefficient (Wildman–Crippen LogP) is 4.20. The van der Waals surface area contributed by atoms with Crippen molar-refractivity contribution < 1.29 is 4.79 Å². The number of fused-ring (bicyclic) bond motifs is 1. The lowest BCUT2D eigenvalue weighted by Gasteiger charge is -2.11. The Morgan fingerprint density at radius 2 is 2.04 bits per heavy atom. The van der Waals surface area contributed by atoms with E-state index in [0.29, 0.717) is 10.7 Å². The number of aromatic nitrogens is 3. The van der Waals surface area contributed by atoms with Crippen LogP contribution in [0.1, 0.15) is 5.56 Å². The Morgan fingerprint density at radius 1 is 1.18 bits per heavy atom. The van der Waals surface area contributed by atoms with Crippen LogP contribution in [0.4, 0.5) is 5.69 Å². The Bertz CT molecular complexity index is 1160. The molecule has 6 nitrogen and oxygen atoms in total. The Labute approximate surface area is 170 Å². The van der Waals surface area contributed by atoms with Crippen molar-refractivity contribution in [3.8, 4) is 11.1 Å². The summed E-state index contributed by atoms with van der Waals surface area (Å²) in [6.45, 7) is 0. The number of nitrogens with zero attached hydrogens (tertiary/aromatic N) is 3. The van der Waals surface area contributed by atoms with Crippen LogP contribution < -0.4 is 10.5 Å². The lowest BCUT2D eigenvalue weighted by molar-refractivity contribution is -0.115. The fraction of sp³-hybridized carbons (Fsp3) is 0.0500. The zero-order chi connectivity index (χ0) is 19.5. The van der Waals surface area contributed by atoms with Gasteiger partial charge in [-0.25, -0.2) is 9.50 Å². The van der Waals surface area contributed by atoms with Gasteiger partial charge in [-0.2, -0.15) is 5.10 Å². The molecule has 0 unspecified atom stereocenters. The molecule has 0 aliphatic heterocycles. The van der Waals surface area contributed by atoms with Crippen molar-refractivity contribution in [2.24, 2.45) is 5.14 Å². The van der Waals surface area contributed by atoms with E-state index in [2.05, 4.69) is 15.4 Å². The number of halogens is 1. The second kappa shape index (κ2) is 8.02. The summed E-state index contributed by atoms with van der Waals surface area (Å²) in [6, 6.07) is 14.7. The van der Waals surface area contributed by atoms with Crippen molar-refractivity contribution in [1.82, 2.24) is 14.6 Å². The first-order chi connectivity index (χ1) is 13.7. The van der Waals surface area contributed by atoms with Gasteiger partial charge in [-0.15, -0.1) is 0 Å². The number of amides is 1. The summed E-state index contributed by atoms with van der Waals surface area (Å²) in [7, 11) is 0. The minimum Gasteiger partial charge on any atom is -0.326 e. The molecule has 1 amide bonds.